The van der Waals surface area contributed by atoms with Crippen molar-refractivity contribution in [3.05, 3.63) is 0 Å². The highest BCUT2D eigenvalue weighted by atomic mass is 28.5. The number of unbranched alkanes of at least 4 members (excludes halogenated alkanes) is 8. The maximum atomic E-state index is 13.5. The van der Waals surface area contributed by atoms with Crippen molar-refractivity contribution in [1.29, 1.82) is 0 Å². The van der Waals surface area contributed by atoms with Crippen molar-refractivity contribution in [3.63, 3.8) is 0 Å². The van der Waals surface area contributed by atoms with Gasteiger partial charge in [-0.25, -0.2) is 0 Å². The van der Waals surface area contributed by atoms with Gasteiger partial charge in [0.1, 0.15) is 5.78 Å². The molecule has 0 N–H and O–H groups in total. The van der Waals surface area contributed by atoms with Crippen LogP contribution in [-0.4, -0.2) is 69.9 Å². The molecule has 0 radical (unpaired) electrons. The Balaban J connectivity index is 6.36. The van der Waals surface area contributed by atoms with Gasteiger partial charge in [-0.3, -0.25) is 4.79 Å². The van der Waals surface area contributed by atoms with E-state index in [4.69, 9.17) is 25.3 Å². The van der Waals surface area contributed by atoms with Crippen LogP contribution < -0.4 is 0 Å². The summed E-state index contributed by atoms with van der Waals surface area (Å²) in [6, 6.07) is 0.775. The Hall–Kier alpha value is 0.731. The van der Waals surface area contributed by atoms with Crippen LogP contribution in [0.15, 0.2) is 0 Å². The van der Waals surface area contributed by atoms with Crippen LogP contribution in [0.2, 0.25) is 90.1 Å². The molecule has 0 heterocycles. The Bertz CT molecular complexity index is 819. The molecule has 45 heavy (non-hydrogen) atoms. The summed E-state index contributed by atoms with van der Waals surface area (Å²) >= 11 is 0. The second-order valence-electron chi connectivity index (χ2n) is 16.2. The molecule has 0 aromatic carbocycles. The van der Waals surface area contributed by atoms with Gasteiger partial charge in [-0.15, -0.1) is 0 Å². The lowest BCUT2D eigenvalue weighted by molar-refractivity contribution is -0.117. The lowest BCUT2D eigenvalue weighted by Crippen LogP contribution is -2.63. The molecular formula is C32H76O7Si6. The van der Waals surface area contributed by atoms with Crippen molar-refractivity contribution in [2.75, 3.05) is 13.2 Å². The maximum Gasteiger partial charge on any atom is 0.328 e. The van der Waals surface area contributed by atoms with E-state index in [0.29, 0.717) is 6.61 Å². The molecule has 0 aliphatic heterocycles. The van der Waals surface area contributed by atoms with E-state index in [1.54, 1.807) is 6.92 Å². The van der Waals surface area contributed by atoms with Crippen molar-refractivity contribution >= 4 is 56.7 Å². The van der Waals surface area contributed by atoms with Crippen molar-refractivity contribution in [2.24, 2.45) is 0 Å². The minimum Gasteiger partial charge on any atom is -0.437 e. The van der Waals surface area contributed by atoms with E-state index in [9.17, 15) is 4.79 Å². The molecule has 1 unspecified atom stereocenters. The van der Waals surface area contributed by atoms with E-state index in [1.807, 2.05) is 0 Å². The smallest absolute Gasteiger partial charge is 0.328 e. The standard InChI is InChI=1S/C32H76O7Si6/c1-16-18-20-21-22-23-24-27-32(31(3)33)45(15,38-43(12,13)36-41(7,8)9)39-44(14,30-26-29-34-28-25-19-17-2)37-42(10,11)35-40(4,5)6/h32H,16-30H2,1-15H3/t32?,44-,45+/m0/s1. The predicted molar refractivity (Wildman–Crippen MR) is 207 cm³/mol. The van der Waals surface area contributed by atoms with Crippen molar-refractivity contribution in [2.45, 2.75) is 188 Å². The third kappa shape index (κ3) is 22.9. The van der Waals surface area contributed by atoms with Crippen molar-refractivity contribution in [3.8, 4) is 0 Å². The molecule has 0 aliphatic carbocycles. The van der Waals surface area contributed by atoms with E-state index < -0.39 is 50.9 Å². The van der Waals surface area contributed by atoms with Gasteiger partial charge in [0.2, 0.25) is 0 Å². The largest absolute Gasteiger partial charge is 0.437 e. The first-order valence-electron chi connectivity index (χ1n) is 18.1. The lowest BCUT2D eigenvalue weighted by atomic mass is 10.1. The molecule has 270 valence electrons. The van der Waals surface area contributed by atoms with Crippen LogP contribution in [0, 0.1) is 0 Å². The molecule has 0 amide bonds. The number of ketones is 1. The average molecular weight is 741 g/mol. The molecule has 7 nitrogen and oxygen atoms in total. The molecule has 0 saturated carbocycles. The third-order valence-corrected chi connectivity index (χ3v) is 30.1. The minimum absolute atomic E-state index is 0.165. The van der Waals surface area contributed by atoms with Crippen LogP contribution in [0.25, 0.3) is 0 Å². The Kier molecular flexibility index (Phi) is 21.4. The highest BCUT2D eigenvalue weighted by Crippen LogP contribution is 2.39. The number of carbonyl (C=O) groups excluding carboxylic acids is 1. The van der Waals surface area contributed by atoms with Crippen LogP contribution in [0.4, 0.5) is 0 Å². The van der Waals surface area contributed by atoms with Gasteiger partial charge >= 0.3 is 34.2 Å². The fraction of sp³-hybridized carbons (Fsp3) is 0.969. The van der Waals surface area contributed by atoms with Crippen LogP contribution in [0.3, 0.4) is 0 Å². The predicted octanol–water partition coefficient (Wildman–Crippen LogP) is 11.0. The summed E-state index contributed by atoms with van der Waals surface area (Å²) in [5.74, 6) is 0.165. The van der Waals surface area contributed by atoms with Crippen LogP contribution in [0.5, 0.6) is 0 Å². The summed E-state index contributed by atoms with van der Waals surface area (Å²) in [7, 11) is -15.0. The van der Waals surface area contributed by atoms with Gasteiger partial charge < -0.3 is 25.3 Å². The first-order chi connectivity index (χ1) is 20.5. The zero-order valence-electron chi connectivity index (χ0n) is 32.5. The van der Waals surface area contributed by atoms with Crippen molar-refractivity contribution < 1.29 is 30.1 Å². The Morgan fingerprint density at radius 3 is 1.47 bits per heavy atom. The van der Waals surface area contributed by atoms with Gasteiger partial charge in [-0.2, -0.15) is 0 Å². The molecule has 0 rings (SSSR count). The topological polar surface area (TPSA) is 72.5 Å². The number of Topliss-reactive ketones (excluding diaryl/α,β-unsaturated/α-hetero) is 1. The Morgan fingerprint density at radius 2 is 0.978 bits per heavy atom. The molecule has 0 aliphatic rings. The maximum absolute atomic E-state index is 13.5. The molecule has 0 saturated heterocycles. The molecule has 0 aromatic rings. The second kappa shape index (κ2) is 21.1. The number of ether oxygens (including phenoxy) is 1. The van der Waals surface area contributed by atoms with Gasteiger partial charge in [0.25, 0.3) is 0 Å². The molecule has 3 atom stereocenters. The number of rotatable bonds is 28. The fourth-order valence-electron chi connectivity index (χ4n) is 6.43. The second-order valence-corrected chi connectivity index (χ2v) is 39.8. The van der Waals surface area contributed by atoms with Gasteiger partial charge in [0.05, 0.1) is 5.54 Å². The SMILES string of the molecule is CCCCCCCCCC(C(C)=O)[Si@](C)(O[Si](C)(C)O[Si](C)(C)C)O[Si@@](C)(CCCOCCCCC)O[Si](C)(C)O[Si](C)(C)C. The normalized spacial score (nSPS) is 16.8. The van der Waals surface area contributed by atoms with E-state index in [2.05, 4.69) is 92.4 Å². The number of hydrogen-bond donors (Lipinski definition) is 0. The summed E-state index contributed by atoms with van der Waals surface area (Å²) < 4.78 is 41.1. The fourth-order valence-corrected chi connectivity index (χ4v) is 36.1. The summed E-state index contributed by atoms with van der Waals surface area (Å²) in [5, 5.41) is 0. The van der Waals surface area contributed by atoms with E-state index in [-0.39, 0.29) is 11.3 Å². The summed E-state index contributed by atoms with van der Waals surface area (Å²) in [6.45, 7) is 33.8. The van der Waals surface area contributed by atoms with Gasteiger partial charge in [0.15, 0.2) is 16.6 Å². The number of hydrogen-bond acceptors (Lipinski definition) is 7. The lowest BCUT2D eigenvalue weighted by Gasteiger charge is -2.47. The summed E-state index contributed by atoms with van der Waals surface area (Å²) in [4.78, 5) is 13.5. The molecule has 0 aromatic heterocycles. The van der Waals surface area contributed by atoms with Gasteiger partial charge in [-0.05, 0) is 111 Å². The molecule has 0 bridgehead atoms. The van der Waals surface area contributed by atoms with Gasteiger partial charge in [0, 0.05) is 13.2 Å². The quantitative estimate of drug-likeness (QED) is 0.0584. The molecule has 13 heteroatoms. The first-order valence-corrected chi connectivity index (χ1v) is 35.4. The summed E-state index contributed by atoms with van der Waals surface area (Å²) in [6.07, 6.45) is 13.6. The number of carbonyl (C=O) groups is 1. The Morgan fingerprint density at radius 1 is 0.533 bits per heavy atom. The van der Waals surface area contributed by atoms with Crippen LogP contribution in [0.1, 0.15) is 97.8 Å². The van der Waals surface area contributed by atoms with Crippen LogP contribution >= 0.6 is 0 Å². The first kappa shape index (κ1) is 45.7. The van der Waals surface area contributed by atoms with Crippen LogP contribution in [-0.2, 0) is 30.1 Å². The molecular weight excluding hydrogens is 665 g/mol. The summed E-state index contributed by atoms with van der Waals surface area (Å²) in [5.41, 5.74) is -0.270. The van der Waals surface area contributed by atoms with Crippen molar-refractivity contribution in [1.82, 2.24) is 0 Å². The average Bonchev–Trinajstić information content (AvgIpc) is 2.80. The van der Waals surface area contributed by atoms with E-state index in [1.165, 1.54) is 44.9 Å². The monoisotopic (exact) mass is 740 g/mol. The highest BCUT2D eigenvalue weighted by molar-refractivity contribution is 6.92. The van der Waals surface area contributed by atoms with Gasteiger partial charge in [-0.1, -0.05) is 71.6 Å². The molecule has 0 fully saturated rings. The minimum atomic E-state index is -3.15. The zero-order valence-corrected chi connectivity index (χ0v) is 38.5. The highest BCUT2D eigenvalue weighted by Gasteiger charge is 2.55. The third-order valence-electron chi connectivity index (χ3n) is 7.46. The van der Waals surface area contributed by atoms with E-state index >= 15 is 0 Å². The molecule has 0 spiro atoms. The van der Waals surface area contributed by atoms with E-state index in [0.717, 1.165) is 44.8 Å². The zero-order chi connectivity index (χ0) is 35.0. The Labute approximate surface area is 286 Å².